The third-order valence-electron chi connectivity index (χ3n) is 3.16. The largest absolute Gasteiger partial charge is 0.384 e. The van der Waals surface area contributed by atoms with Crippen LogP contribution in [0.4, 0.5) is 4.39 Å². The second-order valence-electron chi connectivity index (χ2n) is 4.98. The van der Waals surface area contributed by atoms with Gasteiger partial charge in [0.15, 0.2) is 0 Å². The lowest BCUT2D eigenvalue weighted by Gasteiger charge is -2.20. The summed E-state index contributed by atoms with van der Waals surface area (Å²) in [4.78, 5) is 14.2. The number of hydrogen-bond acceptors (Lipinski definition) is 3. The third-order valence-corrected chi connectivity index (χ3v) is 3.16. The molecule has 0 fully saturated rings. The summed E-state index contributed by atoms with van der Waals surface area (Å²) in [6, 6.07) is 4.22. The summed E-state index contributed by atoms with van der Waals surface area (Å²) in [5.41, 5.74) is 0.586. The maximum Gasteiger partial charge on any atom is 0.252 e. The maximum absolute atomic E-state index is 13.3. The molecular formula is C16H21FN2O2. The summed E-state index contributed by atoms with van der Waals surface area (Å²) in [6.07, 6.45) is 0. The molecule has 1 aromatic carbocycles. The summed E-state index contributed by atoms with van der Waals surface area (Å²) in [7, 11) is 1.97. The molecule has 0 aromatic heterocycles. The molecule has 4 nitrogen and oxygen atoms in total. The number of rotatable bonds is 5. The fourth-order valence-corrected chi connectivity index (χ4v) is 1.65. The molecule has 0 aliphatic carbocycles. The fraction of sp³-hybridized carbons (Fsp3) is 0.438. The zero-order chi connectivity index (χ0) is 15.8. The fourth-order valence-electron chi connectivity index (χ4n) is 1.65. The maximum atomic E-state index is 13.3. The highest BCUT2D eigenvalue weighted by atomic mass is 19.1. The highest BCUT2D eigenvalue weighted by molar-refractivity contribution is 5.96. The van der Waals surface area contributed by atoms with Gasteiger partial charge in [0, 0.05) is 24.7 Å². The van der Waals surface area contributed by atoms with Gasteiger partial charge >= 0.3 is 0 Å². The van der Waals surface area contributed by atoms with Crippen molar-refractivity contribution in [2.75, 3.05) is 26.7 Å². The van der Waals surface area contributed by atoms with Gasteiger partial charge in [0.05, 0.1) is 5.56 Å². The van der Waals surface area contributed by atoms with Gasteiger partial charge in [-0.25, -0.2) is 4.39 Å². The number of likely N-dealkylation sites (N-methyl/N-ethyl adjacent to an activating group) is 1. The van der Waals surface area contributed by atoms with Crippen LogP contribution in [-0.2, 0) is 0 Å². The molecule has 0 saturated carbocycles. The summed E-state index contributed by atoms with van der Waals surface area (Å²) < 4.78 is 13.3. The van der Waals surface area contributed by atoms with E-state index in [4.69, 9.17) is 5.11 Å². The topological polar surface area (TPSA) is 52.6 Å². The number of carbonyl (C=O) groups excluding carboxylic acids is 1. The highest BCUT2D eigenvalue weighted by Gasteiger charge is 2.12. The van der Waals surface area contributed by atoms with E-state index in [1.807, 2.05) is 7.05 Å². The molecule has 5 heteroatoms. The Labute approximate surface area is 125 Å². The number of halogens is 1. The number of benzene rings is 1. The molecule has 0 saturated heterocycles. The quantitative estimate of drug-likeness (QED) is 0.803. The minimum absolute atomic E-state index is 0.183. The summed E-state index contributed by atoms with van der Waals surface area (Å²) in [5.74, 6) is 4.26. The molecule has 0 atom stereocenters. The average Bonchev–Trinajstić information content (AvgIpc) is 2.45. The Morgan fingerprint density at radius 2 is 2.19 bits per heavy atom. The molecule has 0 unspecified atom stereocenters. The van der Waals surface area contributed by atoms with E-state index in [-0.39, 0.29) is 18.1 Å². The first-order valence-corrected chi connectivity index (χ1v) is 6.83. The summed E-state index contributed by atoms with van der Waals surface area (Å²) >= 11 is 0. The molecule has 0 aliphatic heterocycles. The van der Waals surface area contributed by atoms with Gasteiger partial charge in [-0.3, -0.25) is 4.79 Å². The Morgan fingerprint density at radius 1 is 1.48 bits per heavy atom. The van der Waals surface area contributed by atoms with Crippen molar-refractivity contribution in [3.8, 4) is 11.8 Å². The molecule has 0 radical (unpaired) electrons. The second kappa shape index (κ2) is 8.40. The van der Waals surface area contributed by atoms with Crippen molar-refractivity contribution in [3.63, 3.8) is 0 Å². The van der Waals surface area contributed by atoms with Crippen LogP contribution in [0, 0.1) is 17.7 Å². The van der Waals surface area contributed by atoms with Crippen molar-refractivity contribution in [2.45, 2.75) is 19.9 Å². The van der Waals surface area contributed by atoms with Gasteiger partial charge in [-0.05, 0) is 39.1 Å². The molecule has 21 heavy (non-hydrogen) atoms. The normalized spacial score (nSPS) is 10.4. The van der Waals surface area contributed by atoms with Crippen LogP contribution in [0.25, 0.3) is 0 Å². The molecule has 114 valence electrons. The lowest BCUT2D eigenvalue weighted by molar-refractivity contribution is 0.0947. The van der Waals surface area contributed by atoms with Gasteiger partial charge in [-0.1, -0.05) is 11.8 Å². The monoisotopic (exact) mass is 292 g/mol. The van der Waals surface area contributed by atoms with Gasteiger partial charge in [0.2, 0.25) is 0 Å². The smallest absolute Gasteiger partial charge is 0.252 e. The number of aliphatic hydroxyl groups excluding tert-OH is 1. The van der Waals surface area contributed by atoms with Gasteiger partial charge in [0.25, 0.3) is 5.91 Å². The van der Waals surface area contributed by atoms with E-state index in [2.05, 4.69) is 35.9 Å². The molecule has 0 aliphatic rings. The minimum atomic E-state index is -0.492. The number of nitrogens with zero attached hydrogens (tertiary/aromatic N) is 1. The third kappa shape index (κ3) is 5.54. The number of carbonyl (C=O) groups is 1. The SMILES string of the molecule is CC(C)N(C)CCNC(=O)c1cc(F)ccc1C#CCO. The number of amides is 1. The van der Waals surface area contributed by atoms with E-state index in [0.29, 0.717) is 24.7 Å². The van der Waals surface area contributed by atoms with E-state index in [9.17, 15) is 9.18 Å². The van der Waals surface area contributed by atoms with Gasteiger partial charge in [-0.15, -0.1) is 0 Å². The highest BCUT2D eigenvalue weighted by Crippen LogP contribution is 2.10. The lowest BCUT2D eigenvalue weighted by atomic mass is 10.1. The van der Waals surface area contributed by atoms with Gasteiger partial charge in [-0.2, -0.15) is 0 Å². The van der Waals surface area contributed by atoms with E-state index >= 15 is 0 Å². The van der Waals surface area contributed by atoms with Gasteiger partial charge in [0.1, 0.15) is 12.4 Å². The molecule has 0 bridgehead atoms. The Kier molecular flexibility index (Phi) is 6.86. The van der Waals surface area contributed by atoms with Crippen LogP contribution in [-0.4, -0.2) is 48.7 Å². The van der Waals surface area contributed by atoms with Crippen molar-refractivity contribution < 1.29 is 14.3 Å². The predicted octanol–water partition coefficient (Wildman–Crippen LogP) is 1.24. The molecule has 1 amide bonds. The first-order chi connectivity index (χ1) is 9.95. The molecule has 0 heterocycles. The van der Waals surface area contributed by atoms with Crippen LogP contribution in [0.1, 0.15) is 29.8 Å². The van der Waals surface area contributed by atoms with E-state index in [1.165, 1.54) is 12.1 Å². The Bertz CT molecular complexity index is 547. The van der Waals surface area contributed by atoms with Crippen LogP contribution >= 0.6 is 0 Å². The van der Waals surface area contributed by atoms with Crippen molar-refractivity contribution in [1.82, 2.24) is 10.2 Å². The predicted molar refractivity (Wildman–Crippen MR) is 80.5 cm³/mol. The first kappa shape index (κ1) is 17.2. The second-order valence-corrected chi connectivity index (χ2v) is 4.98. The Balaban J connectivity index is 2.75. The van der Waals surface area contributed by atoms with Crippen molar-refractivity contribution in [2.24, 2.45) is 0 Å². The van der Waals surface area contributed by atoms with E-state index in [1.54, 1.807) is 0 Å². The lowest BCUT2D eigenvalue weighted by Crippen LogP contribution is -2.36. The summed E-state index contributed by atoms with van der Waals surface area (Å²) in [6.45, 7) is 5.00. The van der Waals surface area contributed by atoms with Crippen LogP contribution in [0.3, 0.4) is 0 Å². The van der Waals surface area contributed by atoms with Gasteiger partial charge < -0.3 is 15.3 Å². The molecule has 1 aromatic rings. The van der Waals surface area contributed by atoms with Crippen molar-refractivity contribution in [1.29, 1.82) is 0 Å². The van der Waals surface area contributed by atoms with Crippen LogP contribution < -0.4 is 5.32 Å². The molecular weight excluding hydrogens is 271 g/mol. The van der Waals surface area contributed by atoms with Crippen molar-refractivity contribution >= 4 is 5.91 Å². The summed E-state index contributed by atoms with van der Waals surface area (Å²) in [5, 5.41) is 11.5. The van der Waals surface area contributed by atoms with Crippen molar-refractivity contribution in [3.05, 3.63) is 35.1 Å². The zero-order valence-corrected chi connectivity index (χ0v) is 12.6. The number of hydrogen-bond donors (Lipinski definition) is 2. The van der Waals surface area contributed by atoms with Crippen LogP contribution in [0.2, 0.25) is 0 Å². The Hall–Kier alpha value is -1.90. The zero-order valence-electron chi connectivity index (χ0n) is 12.6. The van der Waals surface area contributed by atoms with Crippen LogP contribution in [0.15, 0.2) is 18.2 Å². The van der Waals surface area contributed by atoms with E-state index in [0.717, 1.165) is 6.07 Å². The van der Waals surface area contributed by atoms with E-state index < -0.39 is 5.82 Å². The first-order valence-electron chi connectivity index (χ1n) is 6.83. The molecule has 1 rings (SSSR count). The molecule has 0 spiro atoms. The standard InChI is InChI=1S/C16H21FN2O2/c1-12(2)19(3)9-8-18-16(21)15-11-14(17)7-6-13(15)5-4-10-20/h6-7,11-12,20H,8-10H2,1-3H3,(H,18,21). The van der Waals surface area contributed by atoms with Crippen LogP contribution in [0.5, 0.6) is 0 Å². The minimum Gasteiger partial charge on any atom is -0.384 e. The number of aliphatic hydroxyl groups is 1. The molecule has 2 N–H and O–H groups in total. The number of nitrogens with one attached hydrogen (secondary N) is 1. The Morgan fingerprint density at radius 3 is 2.81 bits per heavy atom. The average molecular weight is 292 g/mol.